The van der Waals surface area contributed by atoms with E-state index in [1.54, 1.807) is 12.6 Å². The summed E-state index contributed by atoms with van der Waals surface area (Å²) in [6.07, 6.45) is 0. The highest BCUT2D eigenvalue weighted by Gasteiger charge is 2.22. The Morgan fingerprint density at radius 2 is 1.52 bits per heavy atom. The van der Waals surface area contributed by atoms with E-state index in [-0.39, 0.29) is 0 Å². The predicted octanol–water partition coefficient (Wildman–Crippen LogP) is 4.00. The van der Waals surface area contributed by atoms with Crippen molar-refractivity contribution in [3.05, 3.63) is 90.0 Å². The van der Waals surface area contributed by atoms with Crippen LogP contribution in [0.15, 0.2) is 78.9 Å². The first kappa shape index (κ1) is 16.7. The molecule has 1 unspecified atom stereocenters. The summed E-state index contributed by atoms with van der Waals surface area (Å²) < 4.78 is 5.28. The first-order valence-electron chi connectivity index (χ1n) is 7.96. The van der Waals surface area contributed by atoms with E-state index in [0.29, 0.717) is 0 Å². The second-order valence-electron chi connectivity index (χ2n) is 5.68. The third-order valence-corrected chi connectivity index (χ3v) is 4.13. The van der Waals surface area contributed by atoms with Gasteiger partial charge in [-0.15, -0.1) is 0 Å². The van der Waals surface area contributed by atoms with Crippen LogP contribution >= 0.6 is 0 Å². The lowest BCUT2D eigenvalue weighted by atomic mass is 9.89. The molecule has 0 spiro atoms. The summed E-state index contributed by atoms with van der Waals surface area (Å²) in [6, 6.07) is 24.9. The van der Waals surface area contributed by atoms with E-state index in [2.05, 4.69) is 0 Å². The molecular formula is C21H19NO3. The molecule has 25 heavy (non-hydrogen) atoms. The van der Waals surface area contributed by atoms with Crippen molar-refractivity contribution in [1.29, 1.82) is 0 Å². The van der Waals surface area contributed by atoms with Crippen molar-refractivity contribution >= 4 is 5.91 Å². The smallest absolute Gasteiger partial charge is 0.255 e. The Balaban J connectivity index is 2.05. The van der Waals surface area contributed by atoms with Crippen LogP contribution in [-0.4, -0.2) is 18.2 Å². The topological polar surface area (TPSA) is 58.6 Å². The third kappa shape index (κ3) is 3.70. The highest BCUT2D eigenvalue weighted by molar-refractivity contribution is 5.86. The number of hydroxylamine groups is 1. The molecule has 1 amide bonds. The zero-order valence-corrected chi connectivity index (χ0v) is 13.8. The van der Waals surface area contributed by atoms with E-state index in [9.17, 15) is 4.79 Å². The molecule has 0 fully saturated rings. The van der Waals surface area contributed by atoms with Gasteiger partial charge in [0.15, 0.2) is 0 Å². The van der Waals surface area contributed by atoms with Crippen LogP contribution < -0.4 is 10.2 Å². The van der Waals surface area contributed by atoms with Crippen LogP contribution in [0.25, 0.3) is 11.1 Å². The molecule has 0 aliphatic rings. The maximum atomic E-state index is 12.3. The average Bonchev–Trinajstić information content (AvgIpc) is 2.69. The van der Waals surface area contributed by atoms with Gasteiger partial charge in [0, 0.05) is 0 Å². The molecule has 0 radical (unpaired) electrons. The van der Waals surface area contributed by atoms with Gasteiger partial charge in [-0.1, -0.05) is 66.7 Å². The van der Waals surface area contributed by atoms with Crippen molar-refractivity contribution in [3.63, 3.8) is 0 Å². The second-order valence-corrected chi connectivity index (χ2v) is 5.68. The monoisotopic (exact) mass is 333 g/mol. The van der Waals surface area contributed by atoms with E-state index in [1.165, 1.54) is 0 Å². The number of hydrogen-bond donors (Lipinski definition) is 2. The van der Waals surface area contributed by atoms with Crippen molar-refractivity contribution < 1.29 is 14.7 Å². The Bertz CT molecular complexity index is 862. The second kappa shape index (κ2) is 7.64. The van der Waals surface area contributed by atoms with Gasteiger partial charge in [0.1, 0.15) is 5.75 Å². The summed E-state index contributed by atoms with van der Waals surface area (Å²) in [5.41, 5.74) is 5.37. The summed E-state index contributed by atoms with van der Waals surface area (Å²) >= 11 is 0. The third-order valence-electron chi connectivity index (χ3n) is 4.13. The van der Waals surface area contributed by atoms with Crippen LogP contribution in [-0.2, 0) is 4.79 Å². The molecule has 0 aliphatic carbocycles. The number of rotatable bonds is 5. The molecule has 3 rings (SSSR count). The van der Waals surface area contributed by atoms with Crippen LogP contribution in [0.1, 0.15) is 17.0 Å². The molecular weight excluding hydrogens is 314 g/mol. The number of benzene rings is 3. The minimum atomic E-state index is -0.586. The van der Waals surface area contributed by atoms with Crippen LogP contribution in [0.3, 0.4) is 0 Å². The van der Waals surface area contributed by atoms with Crippen LogP contribution in [0.2, 0.25) is 0 Å². The molecule has 0 saturated heterocycles. The Morgan fingerprint density at radius 3 is 2.20 bits per heavy atom. The highest BCUT2D eigenvalue weighted by Crippen LogP contribution is 2.30. The van der Waals surface area contributed by atoms with Crippen LogP contribution in [0.4, 0.5) is 0 Å². The normalized spacial score (nSPS) is 11.6. The van der Waals surface area contributed by atoms with Crippen molar-refractivity contribution in [2.24, 2.45) is 0 Å². The molecule has 4 heteroatoms. The van der Waals surface area contributed by atoms with Gasteiger partial charge >= 0.3 is 0 Å². The molecule has 0 saturated carbocycles. The van der Waals surface area contributed by atoms with Gasteiger partial charge in [0.25, 0.3) is 5.91 Å². The fourth-order valence-corrected chi connectivity index (χ4v) is 2.91. The Morgan fingerprint density at radius 1 is 0.880 bits per heavy atom. The van der Waals surface area contributed by atoms with Gasteiger partial charge in [0.05, 0.1) is 13.0 Å². The molecule has 0 bridgehead atoms. The minimum absolute atomic E-state index is 0.464. The minimum Gasteiger partial charge on any atom is -0.497 e. The number of carbonyl (C=O) groups excluding carboxylic acids is 1. The Labute approximate surface area is 146 Å². The van der Waals surface area contributed by atoms with Gasteiger partial charge in [-0.2, -0.15) is 0 Å². The summed E-state index contributed by atoms with van der Waals surface area (Å²) in [4.78, 5) is 12.3. The number of carbonyl (C=O) groups is 1. The van der Waals surface area contributed by atoms with Gasteiger partial charge in [-0.05, 0) is 34.4 Å². The molecule has 3 aromatic carbocycles. The molecule has 0 heterocycles. The molecule has 4 nitrogen and oxygen atoms in total. The quantitative estimate of drug-likeness (QED) is 0.548. The van der Waals surface area contributed by atoms with Crippen LogP contribution in [0, 0.1) is 0 Å². The lowest BCUT2D eigenvalue weighted by molar-refractivity contribution is -0.129. The average molecular weight is 333 g/mol. The zero-order valence-electron chi connectivity index (χ0n) is 13.8. The number of amides is 1. The molecule has 1 atom stereocenters. The van der Waals surface area contributed by atoms with Gasteiger partial charge in [-0.3, -0.25) is 10.0 Å². The van der Waals surface area contributed by atoms with E-state index in [4.69, 9.17) is 9.94 Å². The van der Waals surface area contributed by atoms with E-state index < -0.39 is 11.8 Å². The van der Waals surface area contributed by atoms with Crippen molar-refractivity contribution in [3.8, 4) is 16.9 Å². The first-order chi connectivity index (χ1) is 12.2. The van der Waals surface area contributed by atoms with Crippen molar-refractivity contribution in [2.75, 3.05) is 7.11 Å². The first-order valence-corrected chi connectivity index (χ1v) is 7.96. The lowest BCUT2D eigenvalue weighted by Crippen LogP contribution is -2.27. The van der Waals surface area contributed by atoms with Gasteiger partial charge in [-0.25, -0.2) is 5.48 Å². The standard InChI is InChI=1S/C21H19NO3/c1-25-19-12-6-10-17(14-19)16-9-5-11-18(13-16)20(21(23)22-24)15-7-3-2-4-8-15/h2-14,20,24H,1H3,(H,22,23). The SMILES string of the molecule is COc1cccc(-c2cccc(C(C(=O)NO)c3ccccc3)c2)c1. The van der Waals surface area contributed by atoms with E-state index in [1.807, 2.05) is 78.9 Å². The number of methoxy groups -OCH3 is 1. The maximum Gasteiger partial charge on any atom is 0.255 e. The van der Waals surface area contributed by atoms with Crippen LogP contribution in [0.5, 0.6) is 5.75 Å². The molecule has 2 N–H and O–H groups in total. The van der Waals surface area contributed by atoms with E-state index in [0.717, 1.165) is 28.0 Å². The number of nitrogens with one attached hydrogen (secondary N) is 1. The highest BCUT2D eigenvalue weighted by atomic mass is 16.5. The molecule has 0 aliphatic heterocycles. The summed E-state index contributed by atoms with van der Waals surface area (Å²) in [5, 5.41) is 9.17. The fourth-order valence-electron chi connectivity index (χ4n) is 2.91. The lowest BCUT2D eigenvalue weighted by Gasteiger charge is -2.17. The molecule has 126 valence electrons. The maximum absolute atomic E-state index is 12.3. The Kier molecular flexibility index (Phi) is 5.11. The summed E-state index contributed by atoms with van der Waals surface area (Å²) in [6.45, 7) is 0. The molecule has 0 aromatic heterocycles. The van der Waals surface area contributed by atoms with Gasteiger partial charge < -0.3 is 4.74 Å². The summed E-state index contributed by atoms with van der Waals surface area (Å²) in [7, 11) is 1.63. The number of hydrogen-bond acceptors (Lipinski definition) is 3. The number of ether oxygens (including phenoxy) is 1. The summed E-state index contributed by atoms with van der Waals surface area (Å²) in [5.74, 6) is -0.277. The Hall–Kier alpha value is -3.11. The predicted molar refractivity (Wildman–Crippen MR) is 96.6 cm³/mol. The van der Waals surface area contributed by atoms with Crippen molar-refractivity contribution in [2.45, 2.75) is 5.92 Å². The largest absolute Gasteiger partial charge is 0.497 e. The van der Waals surface area contributed by atoms with E-state index >= 15 is 0 Å². The fraction of sp³-hybridized carbons (Fsp3) is 0.0952. The van der Waals surface area contributed by atoms with Crippen molar-refractivity contribution in [1.82, 2.24) is 5.48 Å². The van der Waals surface area contributed by atoms with Gasteiger partial charge in [0.2, 0.25) is 0 Å². The zero-order chi connectivity index (χ0) is 17.6. The molecule has 3 aromatic rings.